The van der Waals surface area contributed by atoms with Gasteiger partial charge in [0.1, 0.15) is 0 Å². The van der Waals surface area contributed by atoms with E-state index in [1.165, 1.54) is 6.33 Å². The predicted octanol–water partition coefficient (Wildman–Crippen LogP) is 1.15. The average Bonchev–Trinajstić information content (AvgIpc) is 1.69. The monoisotopic (exact) mass is 101 g/mol. The van der Waals surface area contributed by atoms with Crippen LogP contribution in [0.1, 0.15) is 19.8 Å². The van der Waals surface area contributed by atoms with E-state index in [0.717, 1.165) is 12.8 Å². The molecule has 0 rings (SSSR count). The van der Waals surface area contributed by atoms with E-state index in [4.69, 9.17) is 0 Å². The van der Waals surface area contributed by atoms with Gasteiger partial charge in [0.2, 0.25) is 0 Å². The molecule has 0 aliphatic heterocycles. The van der Waals surface area contributed by atoms with E-state index in [1.54, 1.807) is 0 Å². The van der Waals surface area contributed by atoms with E-state index in [1.807, 2.05) is 6.92 Å². The van der Waals surface area contributed by atoms with E-state index in [-0.39, 0.29) is 0 Å². The van der Waals surface area contributed by atoms with Gasteiger partial charge in [-0.25, -0.2) is 0 Å². The molecule has 40 valence electrons. The summed E-state index contributed by atoms with van der Waals surface area (Å²) in [5.41, 5.74) is 0. The molecule has 0 amide bonds. The van der Waals surface area contributed by atoms with Crippen LogP contribution in [0.4, 0.5) is 0 Å². The summed E-state index contributed by atoms with van der Waals surface area (Å²) < 4.78 is 13.6. The van der Waals surface area contributed by atoms with Gasteiger partial charge >= 0.3 is 42.1 Å². The van der Waals surface area contributed by atoms with Gasteiger partial charge in [-0.2, -0.15) is 0 Å². The van der Waals surface area contributed by atoms with E-state index in [2.05, 4.69) is 4.74 Å². The van der Waals surface area contributed by atoms with Crippen molar-refractivity contribution >= 4 is 0 Å². The van der Waals surface area contributed by atoms with Crippen LogP contribution in [-0.2, 0) is 9.39 Å². The first-order valence-electron chi connectivity index (χ1n) is 2.40. The molecule has 0 N–H and O–H groups in total. The zero-order valence-corrected chi connectivity index (χ0v) is 4.44. The number of ether oxygens (including phenoxy) is 1. The molecule has 0 saturated carbocycles. The van der Waals surface area contributed by atoms with Crippen molar-refractivity contribution in [2.24, 2.45) is 0 Å². The zero-order valence-electron chi connectivity index (χ0n) is 4.44. The third-order valence-corrected chi connectivity index (χ3v) is 0.659. The van der Waals surface area contributed by atoms with Gasteiger partial charge in [-0.1, -0.05) is 0 Å². The van der Waals surface area contributed by atoms with Crippen molar-refractivity contribution < 1.29 is 9.39 Å². The van der Waals surface area contributed by atoms with E-state index >= 15 is 0 Å². The van der Waals surface area contributed by atoms with Crippen molar-refractivity contribution in [3.8, 4) is 6.33 Å². The van der Waals surface area contributed by atoms with Crippen LogP contribution in [0.3, 0.4) is 0 Å². The van der Waals surface area contributed by atoms with Crippen molar-refractivity contribution in [2.75, 3.05) is 6.61 Å². The Morgan fingerprint density at radius 2 is 2.43 bits per heavy atom. The summed E-state index contributed by atoms with van der Waals surface area (Å²) in [7, 11) is 0. The fraction of sp³-hybridized carbons (Fsp3) is 0.800. The molecule has 0 bridgehead atoms. The molecule has 0 aliphatic carbocycles. The van der Waals surface area contributed by atoms with Gasteiger partial charge in [-0.05, 0) is 0 Å². The minimum atomic E-state index is 0.514. The first-order valence-corrected chi connectivity index (χ1v) is 2.40. The Hall–Kier alpha value is -0.460. The Labute approximate surface area is 43.2 Å². The maximum atomic E-state index is 9.33. The number of unbranched alkanes of at least 4 members (excludes halogenated alkanes) is 1. The first-order chi connectivity index (χ1) is 3.41. The summed E-state index contributed by atoms with van der Waals surface area (Å²) >= 11 is 0. The van der Waals surface area contributed by atoms with Crippen LogP contribution in [0.15, 0.2) is 0 Å². The molecule has 0 spiro atoms. The average molecular weight is 101 g/mol. The van der Waals surface area contributed by atoms with Crippen LogP contribution in [-0.4, -0.2) is 6.61 Å². The fourth-order valence-corrected chi connectivity index (χ4v) is 0.258. The second-order valence-corrected chi connectivity index (χ2v) is 1.29. The quantitative estimate of drug-likeness (QED) is 0.387. The van der Waals surface area contributed by atoms with Crippen molar-refractivity contribution in [1.82, 2.24) is 0 Å². The van der Waals surface area contributed by atoms with Gasteiger partial charge in [0, 0.05) is 0 Å². The summed E-state index contributed by atoms with van der Waals surface area (Å²) in [6.45, 7) is 2.55. The van der Waals surface area contributed by atoms with Gasteiger partial charge in [0.25, 0.3) is 0 Å². The molecule has 0 unspecified atom stereocenters. The van der Waals surface area contributed by atoms with Crippen molar-refractivity contribution in [1.29, 1.82) is 0 Å². The van der Waals surface area contributed by atoms with Crippen LogP contribution < -0.4 is 0 Å². The van der Waals surface area contributed by atoms with Crippen molar-refractivity contribution in [3.63, 3.8) is 0 Å². The molecule has 0 fully saturated rings. The van der Waals surface area contributed by atoms with Gasteiger partial charge in [-0.3, -0.25) is 0 Å². The SMILES string of the molecule is CCCCOC#[O+]. The first kappa shape index (κ1) is 6.54. The molecule has 0 saturated heterocycles. The number of rotatable bonds is 3. The molecule has 0 aromatic heterocycles. The van der Waals surface area contributed by atoms with Crippen LogP contribution >= 0.6 is 0 Å². The topological polar surface area (TPSA) is 29.1 Å². The Kier molecular flexibility index (Phi) is 5.18. The Morgan fingerprint density at radius 3 is 2.86 bits per heavy atom. The van der Waals surface area contributed by atoms with Gasteiger partial charge < -0.3 is 0 Å². The minimum absolute atomic E-state index is 0.514. The number of hydrogen-bond acceptors (Lipinski definition) is 1. The normalized spacial score (nSPS) is 7.43. The molecule has 0 heterocycles. The van der Waals surface area contributed by atoms with Gasteiger partial charge in [-0.15, -0.1) is 0 Å². The van der Waals surface area contributed by atoms with Crippen molar-refractivity contribution in [3.05, 3.63) is 0 Å². The molecule has 7 heavy (non-hydrogen) atoms. The third-order valence-electron chi connectivity index (χ3n) is 0.659. The summed E-state index contributed by atoms with van der Waals surface area (Å²) in [4.78, 5) is 0. The van der Waals surface area contributed by atoms with Gasteiger partial charge in [0.05, 0.1) is 0 Å². The standard InChI is InChI=1S/C5H9O2/c1-2-3-4-7-5-6/h2-4H2,1H3/q+1. The van der Waals surface area contributed by atoms with Crippen LogP contribution in [0.5, 0.6) is 0 Å². The van der Waals surface area contributed by atoms with Gasteiger partial charge in [0.15, 0.2) is 0 Å². The molecule has 2 nitrogen and oxygen atoms in total. The molecule has 0 aliphatic rings. The Morgan fingerprint density at radius 1 is 1.71 bits per heavy atom. The van der Waals surface area contributed by atoms with E-state index < -0.39 is 0 Å². The fourth-order valence-electron chi connectivity index (χ4n) is 0.258. The Bertz CT molecular complexity index is 63.0. The van der Waals surface area contributed by atoms with Crippen molar-refractivity contribution in [2.45, 2.75) is 19.8 Å². The third kappa shape index (κ3) is 5.54. The second-order valence-electron chi connectivity index (χ2n) is 1.29. The number of hydrogen-bond donors (Lipinski definition) is 0. The summed E-state index contributed by atoms with van der Waals surface area (Å²) in [5.74, 6) is 0. The van der Waals surface area contributed by atoms with Crippen LogP contribution in [0.2, 0.25) is 0 Å². The predicted molar refractivity (Wildman–Crippen MR) is 25.4 cm³/mol. The molecule has 0 aromatic carbocycles. The van der Waals surface area contributed by atoms with E-state index in [9.17, 15) is 4.65 Å². The van der Waals surface area contributed by atoms with Crippen LogP contribution in [0, 0.1) is 6.33 Å². The summed E-state index contributed by atoms with van der Waals surface area (Å²) in [6.07, 6.45) is 3.35. The maximum absolute atomic E-state index is 9.33. The molecular weight excluding hydrogens is 92.1 g/mol. The Balaban J connectivity index is 2.60. The molecule has 0 atom stereocenters. The zero-order chi connectivity index (χ0) is 5.54. The molecular formula is C5H9O2+. The molecule has 0 aromatic rings. The second kappa shape index (κ2) is 5.54. The molecule has 0 radical (unpaired) electrons. The van der Waals surface area contributed by atoms with E-state index in [0.29, 0.717) is 6.61 Å². The van der Waals surface area contributed by atoms with Crippen LogP contribution in [0.25, 0.3) is 0 Å². The summed E-state index contributed by atoms with van der Waals surface area (Å²) in [5, 5.41) is 0. The molecule has 2 heteroatoms. The summed E-state index contributed by atoms with van der Waals surface area (Å²) in [6, 6.07) is 0.